The molecule has 17 heavy (non-hydrogen) atoms. The minimum Gasteiger partial charge on any atom is -0.300 e. The third kappa shape index (κ3) is 3.72. The van der Waals surface area contributed by atoms with E-state index < -0.39 is 9.84 Å². The zero-order valence-corrected chi connectivity index (χ0v) is 12.2. The normalized spacial score (nSPS) is 11.5. The van der Waals surface area contributed by atoms with Crippen LogP contribution in [0.25, 0.3) is 0 Å². The van der Waals surface area contributed by atoms with Gasteiger partial charge in [0.1, 0.15) is 5.78 Å². The van der Waals surface area contributed by atoms with Gasteiger partial charge in [0.15, 0.2) is 9.84 Å². The zero-order chi connectivity index (χ0) is 13.2. The maximum Gasteiger partial charge on any atom is 0.176 e. The number of halogens is 1. The number of carbonyl (C=O) groups excluding carboxylic acids is 1. The van der Waals surface area contributed by atoms with Gasteiger partial charge in [-0.1, -0.05) is 11.6 Å². The number of sulfone groups is 1. The molecule has 6 heteroatoms. The molecule has 0 aliphatic rings. The summed E-state index contributed by atoms with van der Waals surface area (Å²) in [5, 5.41) is 0.372. The van der Waals surface area contributed by atoms with Crippen LogP contribution >= 0.6 is 23.4 Å². The lowest BCUT2D eigenvalue weighted by Gasteiger charge is -2.10. The molecule has 1 rings (SSSR count). The van der Waals surface area contributed by atoms with E-state index in [0.29, 0.717) is 15.5 Å². The van der Waals surface area contributed by atoms with Crippen LogP contribution in [-0.4, -0.2) is 26.7 Å². The predicted octanol–water partition coefficient (Wildman–Crippen LogP) is 2.60. The van der Waals surface area contributed by atoms with Crippen molar-refractivity contribution in [2.45, 2.75) is 23.1 Å². The summed E-state index contributed by atoms with van der Waals surface area (Å²) in [6, 6.07) is 3.16. The Morgan fingerprint density at radius 3 is 2.41 bits per heavy atom. The van der Waals surface area contributed by atoms with Crippen molar-refractivity contribution in [3.63, 3.8) is 0 Å². The van der Waals surface area contributed by atoms with Crippen molar-refractivity contribution in [3.8, 4) is 0 Å². The third-order valence-corrected chi connectivity index (χ3v) is 4.63. The number of thioether (sulfide) groups is 1. The maximum atomic E-state index is 11.6. The van der Waals surface area contributed by atoms with Gasteiger partial charge in [0.25, 0.3) is 0 Å². The fourth-order valence-electron chi connectivity index (χ4n) is 1.48. The largest absolute Gasteiger partial charge is 0.300 e. The Kier molecular flexibility index (Phi) is 4.63. The predicted molar refractivity (Wildman–Crippen MR) is 70.7 cm³/mol. The van der Waals surface area contributed by atoms with Crippen LogP contribution in [0, 0.1) is 0 Å². The lowest BCUT2D eigenvalue weighted by Crippen LogP contribution is -2.03. The monoisotopic (exact) mass is 292 g/mol. The number of hydrogen-bond acceptors (Lipinski definition) is 4. The molecule has 0 spiro atoms. The molecule has 94 valence electrons. The molecule has 3 nitrogen and oxygen atoms in total. The Balaban J connectivity index is 3.44. The van der Waals surface area contributed by atoms with Crippen molar-refractivity contribution in [2.75, 3.05) is 12.5 Å². The van der Waals surface area contributed by atoms with Crippen LogP contribution in [0.2, 0.25) is 5.02 Å². The van der Waals surface area contributed by atoms with E-state index in [-0.39, 0.29) is 17.1 Å². The average Bonchev–Trinajstić information content (AvgIpc) is 2.14. The number of benzene rings is 1. The quantitative estimate of drug-likeness (QED) is 0.801. The van der Waals surface area contributed by atoms with Crippen molar-refractivity contribution < 1.29 is 13.2 Å². The molecule has 0 aliphatic carbocycles. The van der Waals surface area contributed by atoms with Gasteiger partial charge in [0.2, 0.25) is 0 Å². The molecule has 1 aromatic carbocycles. The summed E-state index contributed by atoms with van der Waals surface area (Å²) in [5.74, 6) is -0.0302. The van der Waals surface area contributed by atoms with E-state index in [1.165, 1.54) is 24.8 Å². The van der Waals surface area contributed by atoms with E-state index in [1.54, 1.807) is 12.3 Å². The van der Waals surface area contributed by atoms with Gasteiger partial charge in [-0.25, -0.2) is 8.42 Å². The second kappa shape index (κ2) is 5.42. The van der Waals surface area contributed by atoms with Gasteiger partial charge in [-0.15, -0.1) is 11.8 Å². The molecular weight excluding hydrogens is 280 g/mol. The lowest BCUT2D eigenvalue weighted by molar-refractivity contribution is -0.116. The first-order valence-corrected chi connectivity index (χ1v) is 8.31. The van der Waals surface area contributed by atoms with Crippen LogP contribution in [0.5, 0.6) is 0 Å². The number of ketones is 1. The summed E-state index contributed by atoms with van der Waals surface area (Å²) in [7, 11) is -3.34. The molecule has 0 heterocycles. The van der Waals surface area contributed by atoms with E-state index in [2.05, 4.69) is 0 Å². The summed E-state index contributed by atoms with van der Waals surface area (Å²) in [6.45, 7) is 1.45. The highest BCUT2D eigenvalue weighted by Gasteiger charge is 2.17. The highest BCUT2D eigenvalue weighted by Crippen LogP contribution is 2.33. The van der Waals surface area contributed by atoms with E-state index in [0.717, 1.165) is 6.26 Å². The van der Waals surface area contributed by atoms with Crippen LogP contribution in [0.1, 0.15) is 12.5 Å². The molecule has 0 unspecified atom stereocenters. The van der Waals surface area contributed by atoms with Gasteiger partial charge >= 0.3 is 0 Å². The standard InChI is InChI=1S/C11H13ClO3S2/c1-7(13)4-8-5-9(12)11(16-2)10(6-8)17(3,14)15/h5-6H,4H2,1-3H3. The van der Waals surface area contributed by atoms with Crippen molar-refractivity contribution in [1.29, 1.82) is 0 Å². The second-order valence-corrected chi connectivity index (χ2v) is 6.97. The fourth-order valence-corrected chi connectivity index (χ4v) is 4.04. The van der Waals surface area contributed by atoms with Gasteiger partial charge in [-0.2, -0.15) is 0 Å². The summed E-state index contributed by atoms with van der Waals surface area (Å²) < 4.78 is 23.3. The molecule has 0 radical (unpaired) electrons. The molecule has 0 N–H and O–H groups in total. The molecule has 0 aromatic heterocycles. The fraction of sp³-hybridized carbons (Fsp3) is 0.364. The second-order valence-electron chi connectivity index (χ2n) is 3.76. The average molecular weight is 293 g/mol. The molecular formula is C11H13ClO3S2. The third-order valence-electron chi connectivity index (χ3n) is 2.13. The topological polar surface area (TPSA) is 51.2 Å². The van der Waals surface area contributed by atoms with Crippen molar-refractivity contribution >= 4 is 39.0 Å². The molecule has 0 saturated carbocycles. The molecule has 0 aliphatic heterocycles. The van der Waals surface area contributed by atoms with Crippen LogP contribution in [0.3, 0.4) is 0 Å². The number of rotatable bonds is 4. The summed E-state index contributed by atoms with van der Waals surface area (Å²) in [4.78, 5) is 11.8. The first-order chi connectivity index (χ1) is 7.75. The van der Waals surface area contributed by atoms with Gasteiger partial charge < -0.3 is 0 Å². The van der Waals surface area contributed by atoms with Gasteiger partial charge in [0, 0.05) is 17.6 Å². The Morgan fingerprint density at radius 1 is 1.41 bits per heavy atom. The SMILES string of the molecule is CSc1c(Cl)cc(CC(C)=O)cc1S(C)(=O)=O. The minimum absolute atomic E-state index is 0.0302. The summed E-state index contributed by atoms with van der Waals surface area (Å²) >= 11 is 7.31. The molecule has 1 aromatic rings. The van der Waals surface area contributed by atoms with Gasteiger partial charge in [0.05, 0.1) is 9.92 Å². The maximum absolute atomic E-state index is 11.6. The first kappa shape index (κ1) is 14.5. The molecule has 0 fully saturated rings. The smallest absolute Gasteiger partial charge is 0.176 e. The minimum atomic E-state index is -3.34. The van der Waals surface area contributed by atoms with E-state index in [9.17, 15) is 13.2 Å². The molecule has 0 atom stereocenters. The first-order valence-electron chi connectivity index (χ1n) is 4.81. The van der Waals surface area contributed by atoms with E-state index in [1.807, 2.05) is 0 Å². The van der Waals surface area contributed by atoms with Crippen molar-refractivity contribution in [2.24, 2.45) is 0 Å². The summed E-state index contributed by atoms with van der Waals surface area (Å²) in [6.07, 6.45) is 3.09. The van der Waals surface area contributed by atoms with Crippen LogP contribution in [0.15, 0.2) is 21.9 Å². The zero-order valence-electron chi connectivity index (χ0n) is 9.78. The van der Waals surface area contributed by atoms with Crippen LogP contribution < -0.4 is 0 Å². The number of hydrogen-bond donors (Lipinski definition) is 0. The van der Waals surface area contributed by atoms with Crippen molar-refractivity contribution in [3.05, 3.63) is 22.7 Å². The van der Waals surface area contributed by atoms with Gasteiger partial charge in [-0.3, -0.25) is 4.79 Å². The Bertz CT molecular complexity index is 550. The van der Waals surface area contributed by atoms with Crippen LogP contribution in [-0.2, 0) is 21.1 Å². The molecule has 0 amide bonds. The highest BCUT2D eigenvalue weighted by molar-refractivity contribution is 7.99. The number of Topliss-reactive ketones (excluding diaryl/α,β-unsaturated/α-hetero) is 1. The van der Waals surface area contributed by atoms with Crippen molar-refractivity contribution in [1.82, 2.24) is 0 Å². The van der Waals surface area contributed by atoms with E-state index >= 15 is 0 Å². The van der Waals surface area contributed by atoms with Gasteiger partial charge in [-0.05, 0) is 30.9 Å². The number of carbonyl (C=O) groups is 1. The van der Waals surface area contributed by atoms with E-state index in [4.69, 9.17) is 11.6 Å². The Hall–Kier alpha value is -0.520. The molecule has 0 bridgehead atoms. The van der Waals surface area contributed by atoms with Crippen LogP contribution in [0.4, 0.5) is 0 Å². The lowest BCUT2D eigenvalue weighted by atomic mass is 10.1. The highest BCUT2D eigenvalue weighted by atomic mass is 35.5. The Labute approximate surface area is 110 Å². The summed E-state index contributed by atoms with van der Waals surface area (Å²) in [5.41, 5.74) is 0.626. The molecule has 0 saturated heterocycles. The Morgan fingerprint density at radius 2 is 2.00 bits per heavy atom.